The summed E-state index contributed by atoms with van der Waals surface area (Å²) in [5, 5.41) is 6.22. The summed E-state index contributed by atoms with van der Waals surface area (Å²) >= 11 is 0. The molecule has 0 saturated heterocycles. The number of amides is 2. The van der Waals surface area contributed by atoms with Crippen molar-refractivity contribution in [1.29, 1.82) is 0 Å². The first-order chi connectivity index (χ1) is 8.87. The van der Waals surface area contributed by atoms with Gasteiger partial charge in [0.25, 0.3) is 0 Å². The number of azo groups is 1. The Hall–Kier alpha value is -2.24. The largest absolute Gasteiger partial charge is 0.453 e. The molecule has 6 nitrogen and oxygen atoms in total. The maximum absolute atomic E-state index is 11.2. The lowest BCUT2D eigenvalue weighted by atomic mass is 10.2. The Morgan fingerprint density at radius 1 is 1.05 bits per heavy atom. The maximum atomic E-state index is 11.2. The molecule has 19 heavy (non-hydrogen) atoms. The van der Waals surface area contributed by atoms with Crippen molar-refractivity contribution >= 4 is 12.2 Å². The van der Waals surface area contributed by atoms with Gasteiger partial charge < -0.3 is 9.47 Å². The lowest BCUT2D eigenvalue weighted by Gasteiger charge is -2.16. The maximum Gasteiger partial charge on any atom is 0.453 e. The highest BCUT2D eigenvalue weighted by atomic mass is 16.6. The van der Waals surface area contributed by atoms with Gasteiger partial charge in [-0.2, -0.15) is 0 Å². The molecular weight excluding hydrogens is 248 g/mol. The van der Waals surface area contributed by atoms with E-state index in [0.29, 0.717) is 0 Å². The molecule has 0 unspecified atom stereocenters. The Morgan fingerprint density at radius 3 is 2.21 bits per heavy atom. The highest BCUT2D eigenvalue weighted by molar-refractivity contribution is 5.73. The number of benzene rings is 1. The van der Waals surface area contributed by atoms with Crippen molar-refractivity contribution in [3.05, 3.63) is 35.9 Å². The van der Waals surface area contributed by atoms with Gasteiger partial charge in [0.1, 0.15) is 12.2 Å². The van der Waals surface area contributed by atoms with Crippen LogP contribution < -0.4 is 0 Å². The fourth-order valence-corrected chi connectivity index (χ4v) is 1.11. The van der Waals surface area contributed by atoms with E-state index in [2.05, 4.69) is 10.2 Å². The van der Waals surface area contributed by atoms with Gasteiger partial charge in [-0.25, -0.2) is 9.59 Å². The summed E-state index contributed by atoms with van der Waals surface area (Å²) in [5.41, 5.74) is 0.146. The second-order valence-electron chi connectivity index (χ2n) is 4.72. The Balaban J connectivity index is 2.37. The zero-order valence-corrected chi connectivity index (χ0v) is 11.1. The van der Waals surface area contributed by atoms with Crippen LogP contribution in [0.1, 0.15) is 26.3 Å². The number of rotatable bonds is 2. The van der Waals surface area contributed by atoms with Gasteiger partial charge in [-0.05, 0) is 26.3 Å². The molecule has 0 N–H and O–H groups in total. The van der Waals surface area contributed by atoms with Crippen molar-refractivity contribution in [3.8, 4) is 0 Å². The molecule has 2 amide bonds. The van der Waals surface area contributed by atoms with Crippen molar-refractivity contribution in [2.45, 2.75) is 33.0 Å². The van der Waals surface area contributed by atoms with Crippen LogP contribution in [-0.2, 0) is 16.1 Å². The SMILES string of the molecule is CC(C)(C)OC(=O)/N=N/C(=O)OCc1ccccc1. The minimum Gasteiger partial charge on any atom is -0.442 e. The fraction of sp³-hybridized carbons (Fsp3) is 0.385. The van der Waals surface area contributed by atoms with Gasteiger partial charge >= 0.3 is 12.2 Å². The normalized spacial score (nSPS) is 11.3. The molecule has 1 aromatic rings. The summed E-state index contributed by atoms with van der Waals surface area (Å²) in [6.45, 7) is 5.14. The van der Waals surface area contributed by atoms with Crippen LogP contribution >= 0.6 is 0 Å². The third-order valence-electron chi connectivity index (χ3n) is 1.81. The summed E-state index contributed by atoms with van der Waals surface area (Å²) < 4.78 is 9.65. The van der Waals surface area contributed by atoms with Crippen LogP contribution in [0.2, 0.25) is 0 Å². The molecule has 0 aliphatic carbocycles. The number of carbonyl (C=O) groups is 2. The van der Waals surface area contributed by atoms with Gasteiger partial charge in [-0.3, -0.25) is 0 Å². The minimum atomic E-state index is -0.935. The van der Waals surface area contributed by atoms with E-state index >= 15 is 0 Å². The predicted octanol–water partition coefficient (Wildman–Crippen LogP) is 3.71. The number of hydrogen-bond donors (Lipinski definition) is 0. The quantitative estimate of drug-likeness (QED) is 0.763. The van der Waals surface area contributed by atoms with E-state index in [1.807, 2.05) is 18.2 Å². The van der Waals surface area contributed by atoms with E-state index in [0.717, 1.165) is 5.56 Å². The first-order valence-electron chi connectivity index (χ1n) is 5.72. The van der Waals surface area contributed by atoms with Gasteiger partial charge in [0.15, 0.2) is 0 Å². The molecule has 1 rings (SSSR count). The van der Waals surface area contributed by atoms with Crippen molar-refractivity contribution in [1.82, 2.24) is 0 Å². The number of nitrogens with zero attached hydrogens (tertiary/aromatic N) is 2. The van der Waals surface area contributed by atoms with Crippen LogP contribution in [0.3, 0.4) is 0 Å². The van der Waals surface area contributed by atoms with Gasteiger partial charge in [-0.1, -0.05) is 40.6 Å². The zero-order valence-electron chi connectivity index (χ0n) is 11.1. The number of hydrogen-bond acceptors (Lipinski definition) is 4. The first-order valence-corrected chi connectivity index (χ1v) is 5.72. The molecular formula is C13H16N2O4. The highest BCUT2D eigenvalue weighted by Crippen LogP contribution is 2.08. The van der Waals surface area contributed by atoms with Gasteiger partial charge in [0.2, 0.25) is 0 Å². The Morgan fingerprint density at radius 2 is 1.63 bits per heavy atom. The Bertz CT molecular complexity index is 463. The van der Waals surface area contributed by atoms with E-state index in [4.69, 9.17) is 9.47 Å². The Kier molecular flexibility index (Phi) is 5.17. The lowest BCUT2D eigenvalue weighted by Crippen LogP contribution is -2.21. The van der Waals surface area contributed by atoms with Gasteiger partial charge in [-0.15, -0.1) is 0 Å². The topological polar surface area (TPSA) is 77.3 Å². The molecule has 0 spiro atoms. The van der Waals surface area contributed by atoms with Crippen molar-refractivity contribution in [2.75, 3.05) is 0 Å². The third-order valence-corrected chi connectivity index (χ3v) is 1.81. The molecule has 1 aromatic carbocycles. The molecule has 0 saturated carbocycles. The zero-order chi connectivity index (χ0) is 14.3. The van der Waals surface area contributed by atoms with Crippen LogP contribution in [-0.4, -0.2) is 17.8 Å². The molecule has 0 bridgehead atoms. The van der Waals surface area contributed by atoms with Gasteiger partial charge in [0, 0.05) is 0 Å². The van der Waals surface area contributed by atoms with E-state index in [9.17, 15) is 9.59 Å². The molecule has 0 aliphatic heterocycles. The number of carbonyl (C=O) groups excluding carboxylic acids is 2. The van der Waals surface area contributed by atoms with Crippen LogP contribution in [0.25, 0.3) is 0 Å². The molecule has 0 radical (unpaired) electrons. The molecule has 6 heteroatoms. The molecule has 0 atom stereocenters. The summed E-state index contributed by atoms with van der Waals surface area (Å²) in [5.74, 6) is 0. The molecule has 102 valence electrons. The average molecular weight is 264 g/mol. The van der Waals surface area contributed by atoms with Crippen LogP contribution in [0.5, 0.6) is 0 Å². The molecule has 0 heterocycles. The molecule has 0 fully saturated rings. The summed E-state index contributed by atoms with van der Waals surface area (Å²) in [7, 11) is 0. The predicted molar refractivity (Wildman–Crippen MR) is 67.7 cm³/mol. The standard InChI is InChI=1S/C13H16N2O4/c1-13(2,3)19-12(17)15-14-11(16)18-9-10-7-5-4-6-8-10/h4-8H,9H2,1-3H3/b15-14+. The average Bonchev–Trinajstić information content (AvgIpc) is 2.33. The van der Waals surface area contributed by atoms with Crippen LogP contribution in [0.15, 0.2) is 40.6 Å². The second kappa shape index (κ2) is 6.63. The van der Waals surface area contributed by atoms with E-state index in [1.165, 1.54) is 0 Å². The van der Waals surface area contributed by atoms with Gasteiger partial charge in [0.05, 0.1) is 0 Å². The lowest BCUT2D eigenvalue weighted by molar-refractivity contribution is 0.0585. The summed E-state index contributed by atoms with van der Waals surface area (Å²) in [4.78, 5) is 22.3. The third kappa shape index (κ3) is 6.92. The summed E-state index contributed by atoms with van der Waals surface area (Å²) in [6.07, 6.45) is -1.86. The van der Waals surface area contributed by atoms with Crippen molar-refractivity contribution in [2.24, 2.45) is 10.2 Å². The van der Waals surface area contributed by atoms with Crippen LogP contribution in [0.4, 0.5) is 9.59 Å². The van der Waals surface area contributed by atoms with E-state index in [-0.39, 0.29) is 6.61 Å². The first kappa shape index (κ1) is 14.8. The van der Waals surface area contributed by atoms with Crippen molar-refractivity contribution in [3.63, 3.8) is 0 Å². The molecule has 0 aliphatic rings. The van der Waals surface area contributed by atoms with E-state index < -0.39 is 17.8 Å². The fourth-order valence-electron chi connectivity index (χ4n) is 1.11. The highest BCUT2D eigenvalue weighted by Gasteiger charge is 2.16. The van der Waals surface area contributed by atoms with Crippen LogP contribution in [0, 0.1) is 0 Å². The van der Waals surface area contributed by atoms with Crippen molar-refractivity contribution < 1.29 is 19.1 Å². The monoisotopic (exact) mass is 264 g/mol. The van der Waals surface area contributed by atoms with E-state index in [1.54, 1.807) is 32.9 Å². The Labute approximate surface area is 111 Å². The molecule has 0 aromatic heterocycles. The summed E-state index contributed by atoms with van der Waals surface area (Å²) in [6, 6.07) is 9.11. The smallest absolute Gasteiger partial charge is 0.442 e. The minimum absolute atomic E-state index is 0.0764. The number of ether oxygens (including phenoxy) is 2. The second-order valence-corrected chi connectivity index (χ2v) is 4.72.